The van der Waals surface area contributed by atoms with E-state index < -0.39 is 40.7 Å². The Morgan fingerprint density at radius 2 is 1.79 bits per heavy atom. The Hall–Kier alpha value is -4.14. The molecule has 3 rings (SSSR count). The number of nitrogens with zero attached hydrogens (tertiary/aromatic N) is 1. The lowest BCUT2D eigenvalue weighted by molar-refractivity contribution is -0.137. The molecule has 1 atom stereocenters. The minimum Gasteiger partial charge on any atom is -0.483 e. The standard InChI is InChI=1S/C31H29ClF3N3O4S/c1-5-43(38-28(39)10-18(2)3)24-7-8-26(19(4)11-24)37-29(40)17-42-27-9-6-23(32)15-25(27)30(41)21-12-20(16-36)13-22(14-21)31(33,34)35/h5-9,11-15,18H,10,17H2,1-4H3,(H,37,40)(H,38,39). The highest BCUT2D eigenvalue weighted by Crippen LogP contribution is 2.33. The average molecular weight is 632 g/mol. The summed E-state index contributed by atoms with van der Waals surface area (Å²) in [4.78, 5) is 39.1. The average Bonchev–Trinajstić information content (AvgIpc) is 2.94. The molecule has 1 unspecified atom stereocenters. The fourth-order valence-corrected chi connectivity index (χ4v) is 5.51. The van der Waals surface area contributed by atoms with Crippen LogP contribution in [0.2, 0.25) is 5.02 Å². The molecule has 0 aliphatic heterocycles. The van der Waals surface area contributed by atoms with Crippen LogP contribution in [-0.4, -0.2) is 29.6 Å². The van der Waals surface area contributed by atoms with Crippen molar-refractivity contribution in [2.45, 2.75) is 45.2 Å². The molecule has 2 N–H and O–H groups in total. The van der Waals surface area contributed by atoms with E-state index in [1.165, 1.54) is 18.2 Å². The van der Waals surface area contributed by atoms with Gasteiger partial charge in [0.1, 0.15) is 5.75 Å². The van der Waals surface area contributed by atoms with Crippen molar-refractivity contribution >= 4 is 50.9 Å². The number of anilines is 1. The molecule has 226 valence electrons. The van der Waals surface area contributed by atoms with Crippen LogP contribution in [0, 0.1) is 24.2 Å². The van der Waals surface area contributed by atoms with E-state index in [9.17, 15) is 32.8 Å². The number of ketones is 1. The van der Waals surface area contributed by atoms with Gasteiger partial charge in [-0.25, -0.2) is 0 Å². The number of carbonyl (C=O) groups is 3. The van der Waals surface area contributed by atoms with Crippen molar-refractivity contribution in [3.63, 3.8) is 0 Å². The summed E-state index contributed by atoms with van der Waals surface area (Å²) < 4.78 is 48.6. The summed E-state index contributed by atoms with van der Waals surface area (Å²) in [6.07, 6.45) is -4.37. The van der Waals surface area contributed by atoms with Gasteiger partial charge in [0.05, 0.1) is 22.8 Å². The van der Waals surface area contributed by atoms with Crippen LogP contribution in [0.1, 0.15) is 59.8 Å². The van der Waals surface area contributed by atoms with Crippen LogP contribution in [0.3, 0.4) is 0 Å². The third-order valence-corrected chi connectivity index (χ3v) is 7.89. The van der Waals surface area contributed by atoms with Gasteiger partial charge in [-0.3, -0.25) is 14.4 Å². The second-order valence-corrected chi connectivity index (χ2v) is 12.1. The smallest absolute Gasteiger partial charge is 0.416 e. The molecule has 0 fully saturated rings. The van der Waals surface area contributed by atoms with Crippen LogP contribution in [0.5, 0.6) is 5.75 Å². The zero-order valence-corrected chi connectivity index (χ0v) is 25.3. The van der Waals surface area contributed by atoms with Gasteiger partial charge in [0, 0.05) is 27.6 Å². The van der Waals surface area contributed by atoms with E-state index in [0.717, 1.165) is 16.5 Å². The first-order chi connectivity index (χ1) is 20.2. The Morgan fingerprint density at radius 1 is 1.07 bits per heavy atom. The second-order valence-electron chi connectivity index (χ2n) is 9.89. The maximum atomic E-state index is 13.4. The fraction of sp³-hybridized carbons (Fsp3) is 0.258. The Balaban J connectivity index is 1.76. The monoisotopic (exact) mass is 631 g/mol. The third-order valence-electron chi connectivity index (χ3n) is 5.98. The van der Waals surface area contributed by atoms with Crippen LogP contribution in [0.15, 0.2) is 59.5 Å². The number of ether oxygens (including phenoxy) is 1. The van der Waals surface area contributed by atoms with E-state index in [0.29, 0.717) is 24.2 Å². The van der Waals surface area contributed by atoms with Gasteiger partial charge in [-0.2, -0.15) is 18.4 Å². The van der Waals surface area contributed by atoms with Gasteiger partial charge < -0.3 is 14.8 Å². The topological polar surface area (TPSA) is 108 Å². The number of rotatable bonds is 10. The number of amides is 2. The maximum absolute atomic E-state index is 13.4. The number of nitriles is 1. The molecule has 0 aliphatic carbocycles. The summed E-state index contributed by atoms with van der Waals surface area (Å²) in [6.45, 7) is 7.06. The highest BCUT2D eigenvalue weighted by molar-refractivity contribution is 8.13. The summed E-state index contributed by atoms with van der Waals surface area (Å²) in [6, 6.07) is 13.3. The van der Waals surface area contributed by atoms with Gasteiger partial charge in [0.15, 0.2) is 12.4 Å². The molecule has 3 aromatic rings. The predicted molar refractivity (Wildman–Crippen MR) is 162 cm³/mol. The van der Waals surface area contributed by atoms with E-state index in [4.69, 9.17) is 16.3 Å². The molecule has 0 radical (unpaired) electrons. The lowest BCUT2D eigenvalue weighted by Crippen LogP contribution is -2.22. The number of alkyl halides is 3. The SMILES string of the molecule is C/C=S(/NC(=O)CC(C)C)c1ccc(NC(=O)COc2ccc(Cl)cc2C(=O)c2cc(C#N)cc(C(F)(F)F)c2)c(C)c1. The molecule has 0 bridgehead atoms. The first-order valence-electron chi connectivity index (χ1n) is 13.0. The van der Waals surface area contributed by atoms with Gasteiger partial charge in [-0.05, 0) is 85.3 Å². The molecule has 0 spiro atoms. The minimum absolute atomic E-state index is 0.0535. The number of carbonyl (C=O) groups excluding carboxylic acids is 3. The number of benzene rings is 3. The summed E-state index contributed by atoms with van der Waals surface area (Å²) in [5.41, 5.74) is -0.810. The van der Waals surface area contributed by atoms with E-state index >= 15 is 0 Å². The van der Waals surface area contributed by atoms with Crippen molar-refractivity contribution in [1.82, 2.24) is 4.72 Å². The summed E-state index contributed by atoms with van der Waals surface area (Å²) in [7, 11) is -0.620. The molecule has 0 saturated heterocycles. The number of hydrogen-bond acceptors (Lipinski definition) is 5. The minimum atomic E-state index is -4.78. The quantitative estimate of drug-likeness (QED) is 0.180. The first-order valence-corrected chi connectivity index (χ1v) is 14.7. The first kappa shape index (κ1) is 33.4. The molecule has 12 heteroatoms. The van der Waals surface area contributed by atoms with Gasteiger partial charge in [-0.15, -0.1) is 0 Å². The van der Waals surface area contributed by atoms with Crippen LogP contribution >= 0.6 is 22.3 Å². The lowest BCUT2D eigenvalue weighted by Gasteiger charge is -2.16. The number of hydrogen-bond donors (Lipinski definition) is 2. The molecule has 2 amide bonds. The van der Waals surface area contributed by atoms with E-state index in [2.05, 4.69) is 10.0 Å². The van der Waals surface area contributed by atoms with Crippen LogP contribution in [0.4, 0.5) is 18.9 Å². The maximum Gasteiger partial charge on any atom is 0.416 e. The van der Waals surface area contributed by atoms with Crippen molar-refractivity contribution in [2.24, 2.45) is 5.92 Å². The number of aryl methyl sites for hydroxylation is 1. The van der Waals surface area contributed by atoms with Gasteiger partial charge >= 0.3 is 6.18 Å². The molecule has 0 heterocycles. The van der Waals surface area contributed by atoms with Crippen LogP contribution in [0.25, 0.3) is 0 Å². The Bertz CT molecular complexity index is 1630. The third kappa shape index (κ3) is 9.17. The van der Waals surface area contributed by atoms with Crippen molar-refractivity contribution in [3.05, 3.63) is 87.4 Å². The van der Waals surface area contributed by atoms with Gasteiger partial charge in [-0.1, -0.05) is 36.1 Å². The Morgan fingerprint density at radius 3 is 2.40 bits per heavy atom. The summed E-state index contributed by atoms with van der Waals surface area (Å²) >= 11 is 6.05. The molecular weight excluding hydrogens is 603 g/mol. The van der Waals surface area contributed by atoms with Crippen LogP contribution in [-0.2, 0) is 15.8 Å². The molecule has 3 aromatic carbocycles. The van der Waals surface area contributed by atoms with E-state index in [-0.39, 0.29) is 39.3 Å². The van der Waals surface area contributed by atoms with E-state index in [1.54, 1.807) is 25.1 Å². The highest BCUT2D eigenvalue weighted by atomic mass is 35.5. The molecule has 0 saturated carbocycles. The molecule has 43 heavy (non-hydrogen) atoms. The fourth-order valence-electron chi connectivity index (χ4n) is 3.98. The molecule has 7 nitrogen and oxygen atoms in total. The largest absolute Gasteiger partial charge is 0.483 e. The zero-order chi connectivity index (χ0) is 31.9. The lowest BCUT2D eigenvalue weighted by atomic mass is 9.98. The second kappa shape index (κ2) is 14.4. The van der Waals surface area contributed by atoms with E-state index in [1.807, 2.05) is 32.2 Å². The predicted octanol–water partition coefficient (Wildman–Crippen LogP) is 7.31. The van der Waals surface area contributed by atoms with Gasteiger partial charge in [0.2, 0.25) is 5.91 Å². The number of halogens is 4. The molecular formula is C31H29ClF3N3O4S. The van der Waals surface area contributed by atoms with Crippen molar-refractivity contribution in [2.75, 3.05) is 11.9 Å². The van der Waals surface area contributed by atoms with Crippen LogP contribution < -0.4 is 14.8 Å². The molecule has 0 aliphatic rings. The number of nitrogens with one attached hydrogen (secondary N) is 2. The zero-order valence-electron chi connectivity index (χ0n) is 23.8. The normalized spacial score (nSPS) is 12.0. The Labute approximate surface area is 255 Å². The van der Waals surface area contributed by atoms with Gasteiger partial charge in [0.25, 0.3) is 5.91 Å². The Kier molecular flexibility index (Phi) is 11.1. The highest BCUT2D eigenvalue weighted by Gasteiger charge is 2.32. The summed E-state index contributed by atoms with van der Waals surface area (Å²) in [5.74, 6) is -1.32. The van der Waals surface area contributed by atoms with Crippen molar-refractivity contribution in [1.29, 1.82) is 5.26 Å². The van der Waals surface area contributed by atoms with Crippen molar-refractivity contribution in [3.8, 4) is 11.8 Å². The molecule has 0 aromatic heterocycles. The summed E-state index contributed by atoms with van der Waals surface area (Å²) in [5, 5.41) is 13.9. The van der Waals surface area contributed by atoms with Crippen molar-refractivity contribution < 1.29 is 32.3 Å².